The van der Waals surface area contributed by atoms with Gasteiger partial charge in [0.25, 0.3) is 0 Å². The number of ketones is 1. The minimum absolute atomic E-state index is 0.151. The summed E-state index contributed by atoms with van der Waals surface area (Å²) in [6, 6.07) is 7.47. The smallest absolute Gasteiger partial charge is 0.139 e. The molecule has 0 saturated carbocycles. The number of nitrogens with two attached hydrogens (primary N) is 1. The summed E-state index contributed by atoms with van der Waals surface area (Å²) in [4.78, 5) is 11.3. The molecule has 0 aromatic heterocycles. The van der Waals surface area contributed by atoms with E-state index in [0.29, 0.717) is 5.69 Å². The minimum atomic E-state index is -0.435. The molecule has 0 amide bonds. The predicted octanol–water partition coefficient (Wildman–Crippen LogP) is 2.14. The van der Waals surface area contributed by atoms with Crippen LogP contribution < -0.4 is 5.73 Å². The van der Waals surface area contributed by atoms with E-state index in [1.54, 1.807) is 6.92 Å². The minimum Gasteiger partial charge on any atom is -0.399 e. The molecule has 13 heavy (non-hydrogen) atoms. The van der Waals surface area contributed by atoms with Crippen molar-refractivity contribution in [2.24, 2.45) is 0 Å². The zero-order valence-electron chi connectivity index (χ0n) is 8.29. The zero-order chi connectivity index (χ0) is 10.1. The van der Waals surface area contributed by atoms with Crippen LogP contribution in [0.25, 0.3) is 0 Å². The summed E-state index contributed by atoms with van der Waals surface area (Å²) in [5.74, 6) is 0.151. The highest BCUT2D eigenvalue weighted by atomic mass is 16.1. The van der Waals surface area contributed by atoms with Crippen molar-refractivity contribution in [1.82, 2.24) is 0 Å². The molecule has 0 unspecified atom stereocenters. The molecule has 0 spiro atoms. The molecule has 0 saturated heterocycles. The van der Waals surface area contributed by atoms with Crippen molar-refractivity contribution < 1.29 is 4.79 Å². The molecular formula is C11H15NO. The SMILES string of the molecule is CC(=O)C(C)(C)c1cccc(N)c1. The second-order valence-corrected chi connectivity index (χ2v) is 3.81. The van der Waals surface area contributed by atoms with E-state index in [2.05, 4.69) is 0 Å². The number of benzene rings is 1. The highest BCUT2D eigenvalue weighted by molar-refractivity contribution is 5.87. The Morgan fingerprint density at radius 1 is 1.38 bits per heavy atom. The van der Waals surface area contributed by atoms with Crippen LogP contribution in [0.2, 0.25) is 0 Å². The molecule has 2 nitrogen and oxygen atoms in total. The number of Topliss-reactive ketones (excluding diaryl/α,β-unsaturated/α-hetero) is 1. The monoisotopic (exact) mass is 177 g/mol. The molecule has 2 heteroatoms. The molecule has 0 aliphatic rings. The van der Waals surface area contributed by atoms with Crippen LogP contribution in [0.15, 0.2) is 24.3 Å². The fourth-order valence-corrected chi connectivity index (χ4v) is 1.13. The third kappa shape index (κ3) is 1.89. The molecule has 0 atom stereocenters. The molecule has 0 heterocycles. The van der Waals surface area contributed by atoms with Gasteiger partial charge in [-0.2, -0.15) is 0 Å². The van der Waals surface area contributed by atoms with Crippen LogP contribution in [-0.2, 0) is 10.2 Å². The van der Waals surface area contributed by atoms with Crippen LogP contribution in [0.4, 0.5) is 5.69 Å². The van der Waals surface area contributed by atoms with Crippen molar-refractivity contribution in [2.75, 3.05) is 5.73 Å². The van der Waals surface area contributed by atoms with E-state index >= 15 is 0 Å². The molecule has 2 N–H and O–H groups in total. The van der Waals surface area contributed by atoms with E-state index in [1.165, 1.54) is 0 Å². The van der Waals surface area contributed by atoms with Gasteiger partial charge in [0.1, 0.15) is 5.78 Å². The maximum Gasteiger partial charge on any atom is 0.139 e. The lowest BCUT2D eigenvalue weighted by Crippen LogP contribution is -2.26. The molecule has 0 aliphatic carbocycles. The fraction of sp³-hybridized carbons (Fsp3) is 0.364. The summed E-state index contributed by atoms with van der Waals surface area (Å²) < 4.78 is 0. The lowest BCUT2D eigenvalue weighted by atomic mass is 9.81. The van der Waals surface area contributed by atoms with Gasteiger partial charge < -0.3 is 5.73 Å². The Kier molecular flexibility index (Phi) is 2.41. The lowest BCUT2D eigenvalue weighted by Gasteiger charge is -2.21. The van der Waals surface area contributed by atoms with Gasteiger partial charge in [0, 0.05) is 11.1 Å². The van der Waals surface area contributed by atoms with Crippen LogP contribution >= 0.6 is 0 Å². The highest BCUT2D eigenvalue weighted by Gasteiger charge is 2.25. The Labute approximate surface area is 78.8 Å². The number of hydrogen-bond acceptors (Lipinski definition) is 2. The normalized spacial score (nSPS) is 11.3. The quantitative estimate of drug-likeness (QED) is 0.703. The van der Waals surface area contributed by atoms with Crippen molar-refractivity contribution in [3.8, 4) is 0 Å². The first kappa shape index (κ1) is 9.78. The van der Waals surface area contributed by atoms with Crippen LogP contribution in [0, 0.1) is 0 Å². The maximum absolute atomic E-state index is 11.3. The van der Waals surface area contributed by atoms with Gasteiger partial charge in [-0.15, -0.1) is 0 Å². The van der Waals surface area contributed by atoms with Gasteiger partial charge in [-0.1, -0.05) is 12.1 Å². The highest BCUT2D eigenvalue weighted by Crippen LogP contribution is 2.25. The summed E-state index contributed by atoms with van der Waals surface area (Å²) in [5.41, 5.74) is 6.88. The van der Waals surface area contributed by atoms with E-state index < -0.39 is 5.41 Å². The molecule has 0 bridgehead atoms. The van der Waals surface area contributed by atoms with Gasteiger partial charge in [-0.3, -0.25) is 4.79 Å². The van der Waals surface area contributed by atoms with Crippen LogP contribution in [0.5, 0.6) is 0 Å². The van der Waals surface area contributed by atoms with Gasteiger partial charge >= 0.3 is 0 Å². The first-order chi connectivity index (χ1) is 5.94. The largest absolute Gasteiger partial charge is 0.399 e. The van der Waals surface area contributed by atoms with E-state index in [-0.39, 0.29) is 5.78 Å². The van der Waals surface area contributed by atoms with Crippen LogP contribution in [0.1, 0.15) is 26.3 Å². The first-order valence-electron chi connectivity index (χ1n) is 4.31. The fourth-order valence-electron chi connectivity index (χ4n) is 1.13. The van der Waals surface area contributed by atoms with E-state index in [9.17, 15) is 4.79 Å². The summed E-state index contributed by atoms with van der Waals surface area (Å²) in [6.45, 7) is 5.41. The standard InChI is InChI=1S/C11H15NO/c1-8(13)11(2,3)9-5-4-6-10(12)7-9/h4-7H,12H2,1-3H3. The first-order valence-corrected chi connectivity index (χ1v) is 4.31. The average Bonchev–Trinajstić information content (AvgIpc) is 2.04. The predicted molar refractivity (Wildman–Crippen MR) is 54.6 cm³/mol. The Morgan fingerprint density at radius 3 is 2.46 bits per heavy atom. The van der Waals surface area contributed by atoms with Crippen molar-refractivity contribution >= 4 is 11.5 Å². The van der Waals surface area contributed by atoms with Crippen LogP contribution in [-0.4, -0.2) is 5.78 Å². The molecule has 70 valence electrons. The number of rotatable bonds is 2. The Balaban J connectivity index is 3.14. The molecule has 1 aromatic rings. The maximum atomic E-state index is 11.3. The third-order valence-electron chi connectivity index (χ3n) is 2.49. The molecular weight excluding hydrogens is 162 g/mol. The van der Waals surface area contributed by atoms with Gasteiger partial charge in [0.2, 0.25) is 0 Å². The molecule has 1 rings (SSSR count). The zero-order valence-corrected chi connectivity index (χ0v) is 8.29. The summed E-state index contributed by atoms with van der Waals surface area (Å²) in [7, 11) is 0. The lowest BCUT2D eigenvalue weighted by molar-refractivity contribution is -0.121. The number of hydrogen-bond donors (Lipinski definition) is 1. The van der Waals surface area contributed by atoms with E-state index in [4.69, 9.17) is 5.73 Å². The van der Waals surface area contributed by atoms with E-state index in [0.717, 1.165) is 5.56 Å². The van der Waals surface area contributed by atoms with Crippen molar-refractivity contribution in [3.63, 3.8) is 0 Å². The third-order valence-corrected chi connectivity index (χ3v) is 2.49. The van der Waals surface area contributed by atoms with Gasteiger partial charge in [0.15, 0.2) is 0 Å². The molecule has 0 radical (unpaired) electrons. The number of nitrogen functional groups attached to an aromatic ring is 1. The molecule has 0 aliphatic heterocycles. The summed E-state index contributed by atoms with van der Waals surface area (Å²) in [5, 5.41) is 0. The summed E-state index contributed by atoms with van der Waals surface area (Å²) >= 11 is 0. The second-order valence-electron chi connectivity index (χ2n) is 3.81. The summed E-state index contributed by atoms with van der Waals surface area (Å²) in [6.07, 6.45) is 0. The molecule has 0 fully saturated rings. The van der Waals surface area contributed by atoms with Crippen molar-refractivity contribution in [3.05, 3.63) is 29.8 Å². The Bertz CT molecular complexity index is 329. The Morgan fingerprint density at radius 2 is 2.00 bits per heavy atom. The van der Waals surface area contributed by atoms with Crippen LogP contribution in [0.3, 0.4) is 0 Å². The topological polar surface area (TPSA) is 43.1 Å². The van der Waals surface area contributed by atoms with Gasteiger partial charge in [0.05, 0.1) is 0 Å². The Hall–Kier alpha value is -1.31. The molecule has 1 aromatic carbocycles. The number of carbonyl (C=O) groups is 1. The van der Waals surface area contributed by atoms with Gasteiger partial charge in [-0.05, 0) is 38.5 Å². The average molecular weight is 177 g/mol. The number of anilines is 1. The number of carbonyl (C=O) groups excluding carboxylic acids is 1. The van der Waals surface area contributed by atoms with Gasteiger partial charge in [-0.25, -0.2) is 0 Å². The van der Waals surface area contributed by atoms with Crippen molar-refractivity contribution in [2.45, 2.75) is 26.2 Å². The second kappa shape index (κ2) is 3.21. The van der Waals surface area contributed by atoms with Crippen molar-refractivity contribution in [1.29, 1.82) is 0 Å². The van der Waals surface area contributed by atoms with E-state index in [1.807, 2.05) is 38.1 Å².